The van der Waals surface area contributed by atoms with E-state index < -0.39 is 0 Å². The quantitative estimate of drug-likeness (QED) is 0.743. The summed E-state index contributed by atoms with van der Waals surface area (Å²) in [6, 6.07) is 3.85. The predicted octanol–water partition coefficient (Wildman–Crippen LogP) is 2.32. The van der Waals surface area contributed by atoms with Crippen molar-refractivity contribution in [2.24, 2.45) is 5.92 Å². The van der Waals surface area contributed by atoms with Crippen molar-refractivity contribution in [1.29, 1.82) is 0 Å². The summed E-state index contributed by atoms with van der Waals surface area (Å²) < 4.78 is 5.64. The van der Waals surface area contributed by atoms with Crippen LogP contribution >= 0.6 is 11.6 Å². The van der Waals surface area contributed by atoms with E-state index in [0.717, 1.165) is 37.2 Å². The lowest BCUT2D eigenvalue weighted by Crippen LogP contribution is -2.24. The highest BCUT2D eigenvalue weighted by Gasteiger charge is 2.21. The van der Waals surface area contributed by atoms with Crippen molar-refractivity contribution >= 4 is 17.4 Å². The molecule has 1 aliphatic rings. The number of halogens is 1. The molecule has 2 rings (SSSR count). The second kappa shape index (κ2) is 7.08. The molecule has 0 aromatic carbocycles. The molecule has 1 aromatic heterocycles. The normalized spacial score (nSPS) is 14.7. The molecule has 1 aromatic rings. The number of pyridine rings is 1. The number of likely N-dealkylation sites (N-methyl/N-ethyl adjacent to an activating group) is 1. The summed E-state index contributed by atoms with van der Waals surface area (Å²) in [5.41, 5.74) is 0.882. The first-order valence-corrected chi connectivity index (χ1v) is 7.17. The third kappa shape index (κ3) is 4.64. The molecule has 1 saturated carbocycles. The fourth-order valence-electron chi connectivity index (χ4n) is 1.83. The van der Waals surface area contributed by atoms with Crippen LogP contribution in [0.25, 0.3) is 0 Å². The maximum absolute atomic E-state index is 6.10. The predicted molar refractivity (Wildman–Crippen MR) is 78.8 cm³/mol. The van der Waals surface area contributed by atoms with Gasteiger partial charge in [-0.2, -0.15) is 0 Å². The van der Waals surface area contributed by atoms with Crippen LogP contribution in [0.1, 0.15) is 18.5 Å². The summed E-state index contributed by atoms with van der Waals surface area (Å²) in [6.07, 6.45) is 2.67. The van der Waals surface area contributed by atoms with E-state index in [4.69, 9.17) is 16.3 Å². The Morgan fingerprint density at radius 3 is 2.95 bits per heavy atom. The maximum atomic E-state index is 6.10. The summed E-state index contributed by atoms with van der Waals surface area (Å²) in [5, 5.41) is 3.78. The van der Waals surface area contributed by atoms with Crippen molar-refractivity contribution in [2.75, 3.05) is 38.8 Å². The van der Waals surface area contributed by atoms with E-state index in [-0.39, 0.29) is 0 Å². The Balaban J connectivity index is 1.82. The van der Waals surface area contributed by atoms with Crippen LogP contribution in [0.2, 0.25) is 5.02 Å². The maximum Gasteiger partial charge on any atom is 0.128 e. The van der Waals surface area contributed by atoms with Crippen molar-refractivity contribution in [3.8, 4) is 0 Å². The first-order valence-electron chi connectivity index (χ1n) is 6.79. The van der Waals surface area contributed by atoms with Gasteiger partial charge in [-0.15, -0.1) is 0 Å². The molecule has 1 aliphatic carbocycles. The number of aromatic nitrogens is 1. The minimum Gasteiger partial charge on any atom is -0.379 e. The van der Waals surface area contributed by atoms with Gasteiger partial charge >= 0.3 is 0 Å². The Hall–Kier alpha value is -0.840. The van der Waals surface area contributed by atoms with E-state index in [0.29, 0.717) is 11.6 Å². The van der Waals surface area contributed by atoms with Crippen molar-refractivity contribution in [2.45, 2.75) is 19.4 Å². The van der Waals surface area contributed by atoms with E-state index in [1.807, 2.05) is 26.2 Å². The van der Waals surface area contributed by atoms with Crippen LogP contribution in [0.15, 0.2) is 12.1 Å². The van der Waals surface area contributed by atoms with Gasteiger partial charge in [0.1, 0.15) is 5.82 Å². The van der Waals surface area contributed by atoms with E-state index in [2.05, 4.69) is 15.2 Å². The van der Waals surface area contributed by atoms with E-state index in [1.54, 1.807) is 0 Å². The van der Waals surface area contributed by atoms with Crippen molar-refractivity contribution in [1.82, 2.24) is 10.3 Å². The average molecular weight is 284 g/mol. The van der Waals surface area contributed by atoms with Crippen molar-refractivity contribution < 1.29 is 4.74 Å². The molecule has 0 spiro atoms. The van der Waals surface area contributed by atoms with Crippen LogP contribution in [0, 0.1) is 5.92 Å². The molecule has 1 N–H and O–H groups in total. The van der Waals surface area contributed by atoms with Gasteiger partial charge in [0.25, 0.3) is 0 Å². The first-order chi connectivity index (χ1) is 9.20. The van der Waals surface area contributed by atoms with Gasteiger partial charge in [0.15, 0.2) is 0 Å². The highest BCUT2D eigenvalue weighted by atomic mass is 35.5. The number of ether oxygens (including phenoxy) is 1. The van der Waals surface area contributed by atoms with Gasteiger partial charge in [-0.05, 0) is 37.9 Å². The van der Waals surface area contributed by atoms with Crippen molar-refractivity contribution in [3.63, 3.8) is 0 Å². The number of rotatable bonds is 8. The van der Waals surface area contributed by atoms with Gasteiger partial charge in [-0.25, -0.2) is 4.98 Å². The molecule has 1 heterocycles. The molecule has 0 aliphatic heterocycles. The molecule has 5 heteroatoms. The largest absolute Gasteiger partial charge is 0.379 e. The Kier molecular flexibility index (Phi) is 5.43. The minimum absolute atomic E-state index is 0.679. The topological polar surface area (TPSA) is 37.4 Å². The monoisotopic (exact) mass is 283 g/mol. The van der Waals surface area contributed by atoms with Gasteiger partial charge in [-0.3, -0.25) is 0 Å². The number of nitrogens with zero attached hydrogens (tertiary/aromatic N) is 2. The molecule has 106 valence electrons. The lowest BCUT2D eigenvalue weighted by atomic mass is 10.3. The van der Waals surface area contributed by atoms with Gasteiger partial charge < -0.3 is 15.0 Å². The highest BCUT2D eigenvalue weighted by molar-refractivity contribution is 6.31. The fourth-order valence-corrected chi connectivity index (χ4v) is 2.00. The molecule has 19 heavy (non-hydrogen) atoms. The number of hydrogen-bond donors (Lipinski definition) is 1. The minimum atomic E-state index is 0.679. The second-order valence-corrected chi connectivity index (χ2v) is 5.48. The Bertz CT molecular complexity index is 410. The van der Waals surface area contributed by atoms with Crippen LogP contribution < -0.4 is 10.2 Å². The van der Waals surface area contributed by atoms with Crippen LogP contribution in [-0.2, 0) is 11.3 Å². The van der Waals surface area contributed by atoms with Crippen molar-refractivity contribution in [3.05, 3.63) is 22.8 Å². The second-order valence-electron chi connectivity index (χ2n) is 5.07. The van der Waals surface area contributed by atoms with Gasteiger partial charge in [0.2, 0.25) is 0 Å². The Labute approximate surface area is 120 Å². The summed E-state index contributed by atoms with van der Waals surface area (Å²) in [4.78, 5) is 6.66. The zero-order valence-corrected chi connectivity index (χ0v) is 12.4. The third-order valence-corrected chi connectivity index (χ3v) is 3.60. The van der Waals surface area contributed by atoms with Crippen LogP contribution in [0.4, 0.5) is 5.82 Å². The van der Waals surface area contributed by atoms with Gasteiger partial charge in [0, 0.05) is 26.7 Å². The average Bonchev–Trinajstić information content (AvgIpc) is 3.21. The first kappa shape index (κ1) is 14.6. The Morgan fingerprint density at radius 2 is 2.26 bits per heavy atom. The Morgan fingerprint density at radius 1 is 1.47 bits per heavy atom. The lowest BCUT2D eigenvalue weighted by Gasteiger charge is -2.19. The number of nitrogens with one attached hydrogen (secondary N) is 1. The van der Waals surface area contributed by atoms with Gasteiger partial charge in [-0.1, -0.05) is 11.6 Å². The fraction of sp³-hybridized carbons (Fsp3) is 0.643. The van der Waals surface area contributed by atoms with Crippen LogP contribution in [0.3, 0.4) is 0 Å². The molecule has 0 bridgehead atoms. The van der Waals surface area contributed by atoms with E-state index in [9.17, 15) is 0 Å². The number of anilines is 1. The van der Waals surface area contributed by atoms with Crippen LogP contribution in [-0.4, -0.2) is 38.8 Å². The molecule has 4 nitrogen and oxygen atoms in total. The molecule has 0 radical (unpaired) electrons. The summed E-state index contributed by atoms with van der Waals surface area (Å²) in [6.45, 7) is 3.19. The molecular weight excluding hydrogens is 262 g/mol. The molecular formula is C14H22ClN3O. The van der Waals surface area contributed by atoms with Crippen LogP contribution in [0.5, 0.6) is 0 Å². The number of hydrogen-bond acceptors (Lipinski definition) is 4. The third-order valence-electron chi connectivity index (χ3n) is 3.26. The summed E-state index contributed by atoms with van der Waals surface area (Å²) in [7, 11) is 3.92. The molecule has 0 amide bonds. The summed E-state index contributed by atoms with van der Waals surface area (Å²) >= 11 is 6.10. The standard InChI is InChI=1S/C14H22ClN3O/c1-16-9-13-12(15)5-6-14(17-13)18(2)7-8-19-10-11-3-4-11/h5-6,11,16H,3-4,7-10H2,1-2H3. The van der Waals surface area contributed by atoms with E-state index in [1.165, 1.54) is 12.8 Å². The smallest absolute Gasteiger partial charge is 0.128 e. The molecule has 0 atom stereocenters. The molecule has 0 saturated heterocycles. The van der Waals surface area contributed by atoms with Gasteiger partial charge in [0.05, 0.1) is 17.3 Å². The summed E-state index contributed by atoms with van der Waals surface area (Å²) in [5.74, 6) is 1.76. The highest BCUT2D eigenvalue weighted by Crippen LogP contribution is 2.28. The molecule has 1 fully saturated rings. The lowest BCUT2D eigenvalue weighted by molar-refractivity contribution is 0.131. The van der Waals surface area contributed by atoms with E-state index >= 15 is 0 Å². The molecule has 0 unspecified atom stereocenters. The SMILES string of the molecule is CNCc1nc(N(C)CCOCC2CC2)ccc1Cl. The zero-order valence-electron chi connectivity index (χ0n) is 11.7. The zero-order chi connectivity index (χ0) is 13.7.